The molecule has 8 nitrogen and oxygen atoms in total. The van der Waals surface area contributed by atoms with Gasteiger partial charge in [-0.25, -0.2) is 9.18 Å². The quantitative estimate of drug-likeness (QED) is 0.534. The van der Waals surface area contributed by atoms with Crippen molar-refractivity contribution in [2.24, 2.45) is 5.92 Å². The number of hydrogen-bond donors (Lipinski definition) is 3. The van der Waals surface area contributed by atoms with E-state index in [0.29, 0.717) is 0 Å². The Morgan fingerprint density at radius 1 is 1.22 bits per heavy atom. The van der Waals surface area contributed by atoms with Crippen molar-refractivity contribution in [3.8, 4) is 5.75 Å². The summed E-state index contributed by atoms with van der Waals surface area (Å²) in [6, 6.07) is 8.84. The molecule has 0 unspecified atom stereocenters. The van der Waals surface area contributed by atoms with Crippen LogP contribution in [-0.2, 0) is 11.3 Å². The van der Waals surface area contributed by atoms with Crippen LogP contribution in [0.15, 0.2) is 36.4 Å². The molecule has 0 spiro atoms. The first-order chi connectivity index (χ1) is 17.3. The normalized spacial score (nSPS) is 25.6. The first-order valence-corrected chi connectivity index (χ1v) is 12.0. The van der Waals surface area contributed by atoms with Gasteiger partial charge in [-0.15, -0.1) is 0 Å². The van der Waals surface area contributed by atoms with Crippen LogP contribution in [0.25, 0.3) is 0 Å². The number of ether oxygens (including phenoxy) is 2. The minimum atomic E-state index is -1.34. The summed E-state index contributed by atoms with van der Waals surface area (Å²) >= 11 is 0. The minimum Gasteiger partial charge on any atom is -0.487 e. The van der Waals surface area contributed by atoms with E-state index >= 15 is 4.39 Å². The maximum absolute atomic E-state index is 15.1. The standard InChI is InChI=1S/C26H28F2N2O6/c27-19-8-18-21(32)9-20(16-6-7-16)30(25(33)36-11-15-4-2-1-3-5-15)23(18)24(22(19)28)35-12-17-10-26(34,14-31)13-29-17/h1-5,8,16-17,20,29,31,34H,6-7,9-14H2/t17-,20-,26-/m0/s1. The van der Waals surface area contributed by atoms with Crippen molar-refractivity contribution in [3.63, 3.8) is 0 Å². The minimum absolute atomic E-state index is 0.0175. The number of β-amino-alcohol motifs (C(OH)–C–C–N with tert-alkyl or cyclic N) is 1. The van der Waals surface area contributed by atoms with Crippen LogP contribution in [-0.4, -0.2) is 59.5 Å². The zero-order valence-electron chi connectivity index (χ0n) is 19.6. The molecule has 1 saturated heterocycles. The third kappa shape index (κ3) is 4.80. The summed E-state index contributed by atoms with van der Waals surface area (Å²) < 4.78 is 40.9. The Morgan fingerprint density at radius 3 is 2.64 bits per heavy atom. The van der Waals surface area contributed by atoms with Gasteiger partial charge in [-0.2, -0.15) is 4.39 Å². The number of aliphatic hydroxyl groups is 2. The summed E-state index contributed by atoms with van der Waals surface area (Å²) in [6.45, 7) is -0.549. The lowest BCUT2D eigenvalue weighted by molar-refractivity contribution is 0.000237. The molecule has 0 bridgehead atoms. The highest BCUT2D eigenvalue weighted by molar-refractivity contribution is 6.10. The van der Waals surface area contributed by atoms with Gasteiger partial charge in [0.05, 0.1) is 12.6 Å². The van der Waals surface area contributed by atoms with E-state index in [4.69, 9.17) is 9.47 Å². The molecule has 2 aromatic rings. The molecule has 2 aliphatic heterocycles. The zero-order chi connectivity index (χ0) is 25.4. The molecule has 0 aromatic heterocycles. The number of amides is 1. The van der Waals surface area contributed by atoms with Crippen LogP contribution in [0.4, 0.5) is 19.3 Å². The van der Waals surface area contributed by atoms with Crippen LogP contribution in [0.3, 0.4) is 0 Å². The lowest BCUT2D eigenvalue weighted by Gasteiger charge is -2.37. The molecule has 1 amide bonds. The summed E-state index contributed by atoms with van der Waals surface area (Å²) in [7, 11) is 0. The van der Waals surface area contributed by atoms with E-state index in [1.165, 1.54) is 4.90 Å². The number of carbonyl (C=O) groups is 2. The van der Waals surface area contributed by atoms with Crippen LogP contribution < -0.4 is 15.0 Å². The monoisotopic (exact) mass is 502 g/mol. The smallest absolute Gasteiger partial charge is 0.415 e. The number of fused-ring (bicyclic) bond motifs is 1. The van der Waals surface area contributed by atoms with Crippen LogP contribution in [0.5, 0.6) is 5.75 Å². The van der Waals surface area contributed by atoms with E-state index < -0.39 is 53.6 Å². The second-order valence-electron chi connectivity index (χ2n) is 9.82. The third-order valence-corrected chi connectivity index (χ3v) is 7.06. The molecular formula is C26H28F2N2O6. The van der Waals surface area contributed by atoms with Crippen molar-refractivity contribution in [2.75, 3.05) is 24.7 Å². The molecule has 3 N–H and O–H groups in total. The molecule has 3 aliphatic rings. The van der Waals surface area contributed by atoms with Crippen LogP contribution in [0.2, 0.25) is 0 Å². The number of rotatable bonds is 7. The van der Waals surface area contributed by atoms with Gasteiger partial charge in [0.1, 0.15) is 24.5 Å². The van der Waals surface area contributed by atoms with E-state index in [1.807, 2.05) is 18.2 Å². The number of benzene rings is 2. The molecule has 2 fully saturated rings. The predicted octanol–water partition coefficient (Wildman–Crippen LogP) is 2.94. The lowest BCUT2D eigenvalue weighted by Crippen LogP contribution is -2.47. The molecular weight excluding hydrogens is 474 g/mol. The number of nitrogens with zero attached hydrogens (tertiary/aromatic N) is 1. The second kappa shape index (κ2) is 9.76. The second-order valence-corrected chi connectivity index (χ2v) is 9.82. The highest BCUT2D eigenvalue weighted by Gasteiger charge is 2.47. The Kier molecular flexibility index (Phi) is 6.67. The number of aliphatic hydroxyl groups excluding tert-OH is 1. The number of anilines is 1. The van der Waals surface area contributed by atoms with E-state index in [0.717, 1.165) is 24.5 Å². The summed E-state index contributed by atoms with van der Waals surface area (Å²) in [4.78, 5) is 27.6. The van der Waals surface area contributed by atoms with E-state index in [1.54, 1.807) is 12.1 Å². The Hall–Kier alpha value is -3.08. The van der Waals surface area contributed by atoms with Crippen LogP contribution in [0.1, 0.15) is 41.6 Å². The number of nitrogens with one attached hydrogen (secondary N) is 1. The van der Waals surface area contributed by atoms with E-state index in [9.17, 15) is 24.2 Å². The van der Waals surface area contributed by atoms with Gasteiger partial charge in [-0.1, -0.05) is 30.3 Å². The first-order valence-electron chi connectivity index (χ1n) is 12.0. The summed E-state index contributed by atoms with van der Waals surface area (Å²) in [6.07, 6.45) is 0.961. The van der Waals surface area contributed by atoms with Gasteiger partial charge in [0.25, 0.3) is 0 Å². The highest BCUT2D eigenvalue weighted by atomic mass is 19.2. The Labute approximate surface area is 206 Å². The molecule has 1 saturated carbocycles. The number of Topliss-reactive ketones (excluding diaryl/α,β-unsaturated/α-hetero) is 1. The van der Waals surface area contributed by atoms with Crippen molar-refractivity contribution in [2.45, 2.75) is 50.0 Å². The molecule has 0 radical (unpaired) electrons. The fraction of sp³-hybridized carbons (Fsp3) is 0.462. The topological polar surface area (TPSA) is 108 Å². The highest BCUT2D eigenvalue weighted by Crippen LogP contribution is 2.48. The predicted molar refractivity (Wildman–Crippen MR) is 125 cm³/mol. The third-order valence-electron chi connectivity index (χ3n) is 7.06. The Bertz CT molecular complexity index is 1160. The zero-order valence-corrected chi connectivity index (χ0v) is 19.6. The average Bonchev–Trinajstić information content (AvgIpc) is 3.66. The summed E-state index contributed by atoms with van der Waals surface area (Å²) in [5.74, 6) is -3.46. The Balaban J connectivity index is 1.47. The Morgan fingerprint density at radius 2 is 1.97 bits per heavy atom. The number of hydrogen-bond acceptors (Lipinski definition) is 7. The first kappa shape index (κ1) is 24.6. The van der Waals surface area contributed by atoms with Crippen molar-refractivity contribution < 1.29 is 38.1 Å². The molecule has 10 heteroatoms. The molecule has 2 aromatic carbocycles. The summed E-state index contributed by atoms with van der Waals surface area (Å²) in [5.41, 5.74) is -0.847. The average molecular weight is 503 g/mol. The molecule has 5 rings (SSSR count). The molecule has 2 heterocycles. The molecule has 192 valence electrons. The van der Waals surface area contributed by atoms with Gasteiger partial charge in [0.2, 0.25) is 5.82 Å². The van der Waals surface area contributed by atoms with E-state index in [-0.39, 0.29) is 49.8 Å². The van der Waals surface area contributed by atoms with Gasteiger partial charge in [-0.3, -0.25) is 9.69 Å². The molecule has 3 atom stereocenters. The molecule has 36 heavy (non-hydrogen) atoms. The van der Waals surface area contributed by atoms with Crippen molar-refractivity contribution in [1.29, 1.82) is 0 Å². The maximum atomic E-state index is 15.1. The van der Waals surface area contributed by atoms with Crippen LogP contribution in [0, 0.1) is 17.6 Å². The number of ketones is 1. The number of halogens is 2. The SMILES string of the molecule is O=C1C[C@@H](C2CC2)N(C(=O)OCc2ccccc2)c2c1cc(F)c(F)c2OC[C@@H]1C[C@@](O)(CO)CN1. The van der Waals surface area contributed by atoms with Gasteiger partial charge < -0.3 is 25.0 Å². The lowest BCUT2D eigenvalue weighted by atomic mass is 9.91. The fourth-order valence-electron chi connectivity index (χ4n) is 4.97. The van der Waals surface area contributed by atoms with Gasteiger partial charge in [-0.05, 0) is 36.8 Å². The molecule has 1 aliphatic carbocycles. The van der Waals surface area contributed by atoms with Gasteiger partial charge >= 0.3 is 6.09 Å². The van der Waals surface area contributed by atoms with Crippen molar-refractivity contribution >= 4 is 17.6 Å². The fourth-order valence-corrected chi connectivity index (χ4v) is 4.97. The van der Waals surface area contributed by atoms with Crippen molar-refractivity contribution in [1.82, 2.24) is 5.32 Å². The van der Waals surface area contributed by atoms with Gasteiger partial charge in [0, 0.05) is 24.6 Å². The van der Waals surface area contributed by atoms with Crippen molar-refractivity contribution in [3.05, 3.63) is 59.2 Å². The van der Waals surface area contributed by atoms with E-state index in [2.05, 4.69) is 5.32 Å². The maximum Gasteiger partial charge on any atom is 0.415 e. The van der Waals surface area contributed by atoms with Crippen LogP contribution >= 0.6 is 0 Å². The van der Waals surface area contributed by atoms with Gasteiger partial charge in [0.15, 0.2) is 17.3 Å². The number of carbonyl (C=O) groups excluding carboxylic acids is 2. The summed E-state index contributed by atoms with van der Waals surface area (Å²) in [5, 5.41) is 22.6. The largest absolute Gasteiger partial charge is 0.487 e.